The highest BCUT2D eigenvalue weighted by Gasteiger charge is 2.15. The van der Waals surface area contributed by atoms with Crippen LogP contribution in [0.1, 0.15) is 19.4 Å². The lowest BCUT2D eigenvalue weighted by molar-refractivity contribution is 0.670. The van der Waals surface area contributed by atoms with Gasteiger partial charge in [0.25, 0.3) is 0 Å². The first-order valence-corrected chi connectivity index (χ1v) is 8.35. The van der Waals surface area contributed by atoms with Gasteiger partial charge in [-0.15, -0.1) is 11.3 Å². The van der Waals surface area contributed by atoms with E-state index in [1.54, 1.807) is 17.4 Å². The van der Waals surface area contributed by atoms with Gasteiger partial charge in [0.2, 0.25) is 0 Å². The summed E-state index contributed by atoms with van der Waals surface area (Å²) in [5, 5.41) is 5.04. The summed E-state index contributed by atoms with van der Waals surface area (Å²) in [6.07, 6.45) is 1.14. The Morgan fingerprint density at radius 2 is 2.00 bits per heavy atom. The largest absolute Gasteiger partial charge is 0.455 e. The fraction of sp³-hybridized carbons (Fsp3) is 0.0952. The molecule has 5 rings (SSSR count). The van der Waals surface area contributed by atoms with E-state index in [2.05, 4.69) is 11.1 Å². The summed E-state index contributed by atoms with van der Waals surface area (Å²) in [5.41, 5.74) is 1.83. The van der Waals surface area contributed by atoms with Crippen molar-refractivity contribution in [2.45, 2.75) is 13.7 Å². The van der Waals surface area contributed by atoms with Crippen LogP contribution in [0, 0.1) is 13.7 Å². The summed E-state index contributed by atoms with van der Waals surface area (Å²) in [6, 6.07) is 13.0. The zero-order chi connectivity index (χ0) is 21.3. The van der Waals surface area contributed by atoms with Crippen molar-refractivity contribution in [2.75, 3.05) is 0 Å². The SMILES string of the molecule is [2H]C([2H])([2H])c1cnc(-c2cccc3c2oc2ccc4sccc4c23)cc1C([2H])([2H])[2H]. The van der Waals surface area contributed by atoms with Crippen LogP contribution < -0.4 is 0 Å². The van der Waals surface area contributed by atoms with E-state index in [0.717, 1.165) is 32.6 Å². The maximum absolute atomic E-state index is 7.81. The molecule has 5 aromatic rings. The molecular weight excluding hydrogens is 314 g/mol. The van der Waals surface area contributed by atoms with Gasteiger partial charge in [-0.3, -0.25) is 4.98 Å². The van der Waals surface area contributed by atoms with Gasteiger partial charge < -0.3 is 4.42 Å². The summed E-state index contributed by atoms with van der Waals surface area (Å²) < 4.78 is 53.7. The van der Waals surface area contributed by atoms with Crippen molar-refractivity contribution in [1.82, 2.24) is 4.98 Å². The highest BCUT2D eigenvalue weighted by atomic mass is 32.1. The van der Waals surface area contributed by atoms with Gasteiger partial charge in [0.1, 0.15) is 11.2 Å². The summed E-state index contributed by atoms with van der Waals surface area (Å²) in [5.74, 6) is 0. The zero-order valence-corrected chi connectivity index (χ0v) is 13.3. The normalized spacial score (nSPS) is 16.5. The molecule has 116 valence electrons. The lowest BCUT2D eigenvalue weighted by Gasteiger charge is -2.05. The minimum absolute atomic E-state index is 0.221. The average Bonchev–Trinajstić information content (AvgIpc) is 3.29. The van der Waals surface area contributed by atoms with Crippen molar-refractivity contribution in [2.24, 2.45) is 0 Å². The molecule has 24 heavy (non-hydrogen) atoms. The Morgan fingerprint density at radius 1 is 1.04 bits per heavy atom. The molecule has 0 saturated heterocycles. The first-order valence-electron chi connectivity index (χ1n) is 10.5. The van der Waals surface area contributed by atoms with Gasteiger partial charge in [-0.2, -0.15) is 0 Å². The van der Waals surface area contributed by atoms with Crippen LogP contribution in [-0.2, 0) is 0 Å². The number of furan rings is 1. The van der Waals surface area contributed by atoms with Crippen molar-refractivity contribution in [3.63, 3.8) is 0 Å². The van der Waals surface area contributed by atoms with E-state index in [0.29, 0.717) is 16.8 Å². The van der Waals surface area contributed by atoms with Gasteiger partial charge in [-0.1, -0.05) is 12.1 Å². The molecule has 0 fully saturated rings. The van der Waals surface area contributed by atoms with Gasteiger partial charge in [0.05, 0.1) is 5.69 Å². The molecule has 3 heterocycles. The van der Waals surface area contributed by atoms with E-state index in [-0.39, 0.29) is 11.1 Å². The number of aryl methyl sites for hydroxylation is 2. The van der Waals surface area contributed by atoms with Crippen LogP contribution in [0.3, 0.4) is 0 Å². The Bertz CT molecular complexity index is 1430. The van der Waals surface area contributed by atoms with Crippen LogP contribution in [0.2, 0.25) is 0 Å². The monoisotopic (exact) mass is 335 g/mol. The molecule has 0 bridgehead atoms. The van der Waals surface area contributed by atoms with Gasteiger partial charge in [0, 0.05) is 40.8 Å². The molecule has 2 aromatic carbocycles. The maximum atomic E-state index is 7.81. The Kier molecular flexibility index (Phi) is 1.84. The van der Waals surface area contributed by atoms with Gasteiger partial charge in [-0.25, -0.2) is 0 Å². The summed E-state index contributed by atoms with van der Waals surface area (Å²) in [4.78, 5) is 4.29. The predicted molar refractivity (Wildman–Crippen MR) is 102 cm³/mol. The Morgan fingerprint density at radius 3 is 2.92 bits per heavy atom. The average molecular weight is 335 g/mol. The number of para-hydroxylation sites is 1. The van der Waals surface area contributed by atoms with Crippen molar-refractivity contribution in [3.05, 3.63) is 65.2 Å². The molecule has 0 atom stereocenters. The molecule has 0 saturated carbocycles. The molecule has 0 radical (unpaired) electrons. The van der Waals surface area contributed by atoms with Gasteiger partial charge in [0.15, 0.2) is 0 Å². The number of aromatic nitrogens is 1. The van der Waals surface area contributed by atoms with Crippen molar-refractivity contribution >= 4 is 43.4 Å². The van der Waals surface area contributed by atoms with Crippen LogP contribution >= 0.6 is 11.3 Å². The summed E-state index contributed by atoms with van der Waals surface area (Å²) >= 11 is 1.65. The fourth-order valence-electron chi connectivity index (χ4n) is 3.15. The van der Waals surface area contributed by atoms with E-state index in [1.165, 1.54) is 6.07 Å². The number of thiophene rings is 1. The lowest BCUT2D eigenvalue weighted by atomic mass is 10.0. The van der Waals surface area contributed by atoms with E-state index in [1.807, 2.05) is 29.6 Å². The van der Waals surface area contributed by atoms with Gasteiger partial charge >= 0.3 is 0 Å². The number of pyridine rings is 1. The second-order valence-corrected chi connectivity index (χ2v) is 6.62. The number of nitrogens with zero attached hydrogens (tertiary/aromatic N) is 1. The first kappa shape index (κ1) is 9.00. The highest BCUT2D eigenvalue weighted by Crippen LogP contribution is 2.39. The predicted octanol–water partition coefficient (Wildman–Crippen LogP) is 6.48. The number of hydrogen-bond acceptors (Lipinski definition) is 3. The summed E-state index contributed by atoms with van der Waals surface area (Å²) in [7, 11) is 0. The second kappa shape index (κ2) is 4.92. The maximum Gasteiger partial charge on any atom is 0.144 e. The quantitative estimate of drug-likeness (QED) is 0.350. The minimum atomic E-state index is -2.58. The molecular formula is C21H15NOS. The number of rotatable bonds is 1. The summed E-state index contributed by atoms with van der Waals surface area (Å²) in [6.45, 7) is -5.14. The zero-order valence-electron chi connectivity index (χ0n) is 18.5. The van der Waals surface area contributed by atoms with E-state index >= 15 is 0 Å². The van der Waals surface area contributed by atoms with E-state index < -0.39 is 13.7 Å². The number of benzene rings is 2. The van der Waals surface area contributed by atoms with Crippen LogP contribution in [-0.4, -0.2) is 4.98 Å². The molecule has 0 spiro atoms. The van der Waals surface area contributed by atoms with Crippen molar-refractivity contribution < 1.29 is 12.6 Å². The molecule has 0 N–H and O–H groups in total. The van der Waals surface area contributed by atoms with Crippen LogP contribution in [0.4, 0.5) is 0 Å². The second-order valence-electron chi connectivity index (χ2n) is 5.67. The van der Waals surface area contributed by atoms with E-state index in [9.17, 15) is 0 Å². The van der Waals surface area contributed by atoms with Crippen LogP contribution in [0.5, 0.6) is 0 Å². The molecule has 0 aliphatic carbocycles. The highest BCUT2D eigenvalue weighted by molar-refractivity contribution is 7.17. The minimum Gasteiger partial charge on any atom is -0.455 e. The third kappa shape index (κ3) is 1.85. The molecule has 0 amide bonds. The van der Waals surface area contributed by atoms with Crippen molar-refractivity contribution in [1.29, 1.82) is 0 Å². The molecule has 0 unspecified atom stereocenters. The Balaban J connectivity index is 1.81. The smallest absolute Gasteiger partial charge is 0.144 e. The van der Waals surface area contributed by atoms with Crippen molar-refractivity contribution in [3.8, 4) is 11.3 Å². The molecule has 0 aliphatic heterocycles. The Labute approximate surface area is 151 Å². The van der Waals surface area contributed by atoms with Crippen LogP contribution in [0.25, 0.3) is 43.3 Å². The number of fused-ring (bicyclic) bond motifs is 5. The third-order valence-electron chi connectivity index (χ3n) is 4.27. The molecule has 3 heteroatoms. The lowest BCUT2D eigenvalue weighted by Crippen LogP contribution is -1.88. The topological polar surface area (TPSA) is 26.0 Å². The standard InChI is InChI=1S/C21H15NOS/c1-12-10-17(22-11-13(12)2)14-4-3-5-16-20-15-8-9-24-19(15)7-6-18(20)23-21(14)16/h3-11H,1-2H3/i1D3,2D3. The number of hydrogen-bond donors (Lipinski definition) is 0. The van der Waals surface area contributed by atoms with E-state index in [4.69, 9.17) is 12.6 Å². The Hall–Kier alpha value is -2.65. The molecule has 0 aliphatic rings. The first-order chi connectivity index (χ1) is 14.1. The van der Waals surface area contributed by atoms with Crippen LogP contribution in [0.15, 0.2) is 58.5 Å². The fourth-order valence-corrected chi connectivity index (χ4v) is 3.94. The molecule has 3 aromatic heterocycles. The molecule has 2 nitrogen and oxygen atoms in total. The van der Waals surface area contributed by atoms with Gasteiger partial charge in [-0.05, 0) is 60.5 Å². The third-order valence-corrected chi connectivity index (χ3v) is 5.16.